The van der Waals surface area contributed by atoms with Gasteiger partial charge in [0.2, 0.25) is 0 Å². The Kier molecular flexibility index (Phi) is 5.75. The highest BCUT2D eigenvalue weighted by molar-refractivity contribution is 9.10. The smallest absolute Gasteiger partial charge is 0.272 e. The van der Waals surface area contributed by atoms with Gasteiger partial charge < -0.3 is 4.74 Å². The van der Waals surface area contributed by atoms with Crippen molar-refractivity contribution in [2.75, 3.05) is 6.61 Å². The number of hydrazine groups is 1. The van der Waals surface area contributed by atoms with Crippen molar-refractivity contribution in [1.82, 2.24) is 10.3 Å². The monoisotopic (exact) mass is 398 g/mol. The summed E-state index contributed by atoms with van der Waals surface area (Å²) in [5, 5.41) is 0. The third kappa shape index (κ3) is 5.34. The van der Waals surface area contributed by atoms with Crippen LogP contribution in [0.25, 0.3) is 0 Å². The zero-order chi connectivity index (χ0) is 16.9. The Morgan fingerprint density at radius 1 is 1.17 bits per heavy atom. The van der Waals surface area contributed by atoms with Crippen molar-refractivity contribution in [3.8, 4) is 5.75 Å². The van der Waals surface area contributed by atoms with Crippen molar-refractivity contribution >= 4 is 31.9 Å². The molecule has 0 heterocycles. The Bertz CT molecular complexity index is 809. The summed E-state index contributed by atoms with van der Waals surface area (Å²) >= 11 is 3.19. The maximum Gasteiger partial charge on any atom is 0.272 e. The van der Waals surface area contributed by atoms with Gasteiger partial charge in [-0.1, -0.05) is 34.1 Å². The van der Waals surface area contributed by atoms with Gasteiger partial charge in [0.15, 0.2) is 6.61 Å². The van der Waals surface area contributed by atoms with E-state index in [0.29, 0.717) is 10.2 Å². The minimum absolute atomic E-state index is 0.0341. The van der Waals surface area contributed by atoms with Crippen LogP contribution in [0, 0.1) is 6.92 Å². The number of benzene rings is 2. The third-order valence-electron chi connectivity index (χ3n) is 2.79. The molecule has 122 valence electrons. The first-order valence-electron chi connectivity index (χ1n) is 6.62. The summed E-state index contributed by atoms with van der Waals surface area (Å²) in [6.07, 6.45) is 0. The summed E-state index contributed by atoms with van der Waals surface area (Å²) in [5.41, 5.74) is 3.11. The van der Waals surface area contributed by atoms with Gasteiger partial charge in [0, 0.05) is 4.47 Å². The molecule has 23 heavy (non-hydrogen) atoms. The molecule has 1 amide bonds. The molecule has 0 unspecified atom stereocenters. The molecule has 2 aromatic rings. The molecule has 0 fully saturated rings. The van der Waals surface area contributed by atoms with Gasteiger partial charge in [0.05, 0.1) is 4.90 Å². The molecule has 0 aromatic heterocycles. The number of rotatable bonds is 6. The zero-order valence-electron chi connectivity index (χ0n) is 12.2. The number of aryl methyl sites for hydroxylation is 1. The lowest BCUT2D eigenvalue weighted by molar-refractivity contribution is -0.123. The highest BCUT2D eigenvalue weighted by Crippen LogP contribution is 2.15. The van der Waals surface area contributed by atoms with Crippen LogP contribution in [-0.2, 0) is 14.8 Å². The van der Waals surface area contributed by atoms with Gasteiger partial charge in [0.25, 0.3) is 15.9 Å². The number of hydrogen-bond acceptors (Lipinski definition) is 4. The Morgan fingerprint density at radius 3 is 2.61 bits per heavy atom. The van der Waals surface area contributed by atoms with Gasteiger partial charge in [-0.3, -0.25) is 10.2 Å². The molecule has 0 saturated heterocycles. The second-order valence-corrected chi connectivity index (χ2v) is 7.31. The SMILES string of the molecule is Cc1cccc(OCC(=O)NNS(=O)(=O)c2cccc(Br)c2)c1. The minimum atomic E-state index is -3.84. The number of sulfonamides is 1. The lowest BCUT2D eigenvalue weighted by Crippen LogP contribution is -2.43. The van der Waals surface area contributed by atoms with Crippen LogP contribution in [0.5, 0.6) is 5.75 Å². The number of hydrogen-bond donors (Lipinski definition) is 2. The highest BCUT2D eigenvalue weighted by Gasteiger charge is 2.15. The molecule has 6 nitrogen and oxygen atoms in total. The maximum absolute atomic E-state index is 12.0. The van der Waals surface area contributed by atoms with Crippen LogP contribution in [0.3, 0.4) is 0 Å². The molecule has 0 aliphatic carbocycles. The van der Waals surface area contributed by atoms with E-state index in [1.807, 2.05) is 17.8 Å². The van der Waals surface area contributed by atoms with Crippen LogP contribution < -0.4 is 15.0 Å². The number of carbonyl (C=O) groups is 1. The van der Waals surface area contributed by atoms with E-state index in [1.165, 1.54) is 12.1 Å². The number of carbonyl (C=O) groups excluding carboxylic acids is 1. The average molecular weight is 399 g/mol. The molecule has 8 heteroatoms. The summed E-state index contributed by atoms with van der Waals surface area (Å²) in [7, 11) is -3.84. The Hall–Kier alpha value is -1.90. The second kappa shape index (κ2) is 7.58. The van der Waals surface area contributed by atoms with Crippen LogP contribution in [0.4, 0.5) is 0 Å². The van der Waals surface area contributed by atoms with Crippen molar-refractivity contribution < 1.29 is 17.9 Å². The largest absolute Gasteiger partial charge is 0.484 e. The van der Waals surface area contributed by atoms with Crippen molar-refractivity contribution in [2.45, 2.75) is 11.8 Å². The Morgan fingerprint density at radius 2 is 1.91 bits per heavy atom. The molecule has 2 N–H and O–H groups in total. The lowest BCUT2D eigenvalue weighted by atomic mass is 10.2. The number of halogens is 1. The Labute approximate surface area is 143 Å². The molecule has 0 saturated carbocycles. The predicted octanol–water partition coefficient (Wildman–Crippen LogP) is 2.15. The first-order valence-corrected chi connectivity index (χ1v) is 8.90. The van der Waals surface area contributed by atoms with Gasteiger partial charge in [0.1, 0.15) is 5.75 Å². The molecule has 0 spiro atoms. The van der Waals surface area contributed by atoms with Crippen LogP contribution in [0.15, 0.2) is 57.9 Å². The fourth-order valence-corrected chi connectivity index (χ4v) is 3.16. The third-order valence-corrected chi connectivity index (χ3v) is 4.53. The van der Waals surface area contributed by atoms with Gasteiger partial charge in [-0.25, -0.2) is 8.42 Å². The summed E-state index contributed by atoms with van der Waals surface area (Å²) in [6.45, 7) is 1.60. The first kappa shape index (κ1) is 17.5. The van der Waals surface area contributed by atoms with E-state index < -0.39 is 15.9 Å². The van der Waals surface area contributed by atoms with Crippen molar-refractivity contribution in [1.29, 1.82) is 0 Å². The van der Waals surface area contributed by atoms with Gasteiger partial charge in [-0.05, 0) is 42.8 Å². The van der Waals surface area contributed by atoms with Gasteiger partial charge >= 0.3 is 0 Å². The fourth-order valence-electron chi connectivity index (χ4n) is 1.71. The van der Waals surface area contributed by atoms with E-state index in [2.05, 4.69) is 21.4 Å². The molecule has 2 rings (SSSR count). The molecular weight excluding hydrogens is 384 g/mol. The van der Waals surface area contributed by atoms with E-state index >= 15 is 0 Å². The quantitative estimate of drug-likeness (QED) is 0.730. The topological polar surface area (TPSA) is 84.5 Å². The van der Waals surface area contributed by atoms with Crippen LogP contribution >= 0.6 is 15.9 Å². The number of amides is 1. The molecule has 2 aromatic carbocycles. The Balaban J connectivity index is 1.88. The van der Waals surface area contributed by atoms with Gasteiger partial charge in [-0.15, -0.1) is 4.83 Å². The normalized spacial score (nSPS) is 11.0. The molecule has 0 radical (unpaired) electrons. The van der Waals surface area contributed by atoms with Crippen LogP contribution in [-0.4, -0.2) is 20.9 Å². The molecular formula is C15H15BrN2O4S. The molecule has 0 bridgehead atoms. The van der Waals surface area contributed by atoms with E-state index in [4.69, 9.17) is 4.74 Å². The molecule has 0 atom stereocenters. The van der Waals surface area contributed by atoms with Crippen LogP contribution in [0.1, 0.15) is 5.56 Å². The second-order valence-electron chi connectivity index (χ2n) is 4.72. The molecule has 0 aliphatic heterocycles. The van der Waals surface area contributed by atoms with Crippen molar-refractivity contribution in [2.24, 2.45) is 0 Å². The maximum atomic E-state index is 12.0. The number of ether oxygens (including phenoxy) is 1. The van der Waals surface area contributed by atoms with E-state index in [9.17, 15) is 13.2 Å². The predicted molar refractivity (Wildman–Crippen MR) is 89.3 cm³/mol. The van der Waals surface area contributed by atoms with E-state index in [0.717, 1.165) is 5.56 Å². The van der Waals surface area contributed by atoms with Gasteiger partial charge in [-0.2, -0.15) is 0 Å². The standard InChI is InChI=1S/C15H15BrN2O4S/c1-11-4-2-6-13(8-11)22-10-15(19)17-18-23(20,21)14-7-3-5-12(16)9-14/h2-9,18H,10H2,1H3,(H,17,19). The highest BCUT2D eigenvalue weighted by atomic mass is 79.9. The van der Waals surface area contributed by atoms with E-state index in [-0.39, 0.29) is 11.5 Å². The fraction of sp³-hybridized carbons (Fsp3) is 0.133. The molecule has 0 aliphatic rings. The summed E-state index contributed by atoms with van der Waals surface area (Å²) in [6, 6.07) is 13.3. The van der Waals surface area contributed by atoms with Crippen molar-refractivity contribution in [3.63, 3.8) is 0 Å². The average Bonchev–Trinajstić information content (AvgIpc) is 2.51. The lowest BCUT2D eigenvalue weighted by Gasteiger charge is -2.10. The summed E-state index contributed by atoms with van der Waals surface area (Å²) in [5.74, 6) is -0.0694. The first-order chi connectivity index (χ1) is 10.9. The summed E-state index contributed by atoms with van der Waals surface area (Å²) < 4.78 is 29.9. The number of nitrogens with one attached hydrogen (secondary N) is 2. The summed E-state index contributed by atoms with van der Waals surface area (Å²) in [4.78, 5) is 13.7. The van der Waals surface area contributed by atoms with E-state index in [1.54, 1.807) is 30.3 Å². The van der Waals surface area contributed by atoms with Crippen molar-refractivity contribution in [3.05, 3.63) is 58.6 Å². The zero-order valence-corrected chi connectivity index (χ0v) is 14.6. The van der Waals surface area contributed by atoms with Crippen LogP contribution in [0.2, 0.25) is 0 Å². The minimum Gasteiger partial charge on any atom is -0.484 e.